The van der Waals surface area contributed by atoms with Gasteiger partial charge in [0, 0.05) is 31.6 Å². The molecule has 0 spiro atoms. The molecule has 0 radical (unpaired) electrons. The molecule has 16 heavy (non-hydrogen) atoms. The topological polar surface area (TPSA) is 52.9 Å². The lowest BCUT2D eigenvalue weighted by Crippen LogP contribution is -2.35. The van der Waals surface area contributed by atoms with E-state index in [0.717, 1.165) is 13.1 Å². The molecule has 5 heteroatoms. The van der Waals surface area contributed by atoms with Gasteiger partial charge in [-0.2, -0.15) is 0 Å². The van der Waals surface area contributed by atoms with E-state index in [0.29, 0.717) is 13.2 Å². The van der Waals surface area contributed by atoms with Crippen LogP contribution in [0.4, 0.5) is 0 Å². The van der Waals surface area contributed by atoms with Crippen LogP contribution in [0.15, 0.2) is 17.5 Å². The molecule has 0 saturated carbocycles. The summed E-state index contributed by atoms with van der Waals surface area (Å²) in [5.41, 5.74) is 0. The number of thiophene rings is 1. The van der Waals surface area contributed by atoms with Gasteiger partial charge >= 0.3 is 0 Å². The van der Waals surface area contributed by atoms with Gasteiger partial charge in [0.25, 0.3) is 0 Å². The molecular weight excluding hydrogens is 226 g/mol. The number of methoxy groups -OCH3 is 1. The molecule has 0 aliphatic carbocycles. The minimum Gasteiger partial charge on any atom is -0.394 e. The third kappa shape index (κ3) is 5.05. The summed E-state index contributed by atoms with van der Waals surface area (Å²) in [7, 11) is 1.66. The average Bonchev–Trinajstić information content (AvgIpc) is 2.78. The average molecular weight is 245 g/mol. The lowest BCUT2D eigenvalue weighted by molar-refractivity contribution is 0.0472. The number of hydrogen-bond acceptors (Lipinski definition) is 5. The van der Waals surface area contributed by atoms with Gasteiger partial charge in [0.15, 0.2) is 0 Å². The van der Waals surface area contributed by atoms with Gasteiger partial charge in [-0.05, 0) is 11.4 Å². The minimum absolute atomic E-state index is 0.200. The first kappa shape index (κ1) is 13.6. The molecule has 1 aromatic rings. The predicted molar refractivity (Wildman–Crippen MR) is 64.6 cm³/mol. The second-order valence-electron chi connectivity index (χ2n) is 3.64. The lowest BCUT2D eigenvalue weighted by atomic mass is 10.3. The fourth-order valence-electron chi connectivity index (χ4n) is 1.43. The SMILES string of the molecule is COCCN(Cc1cccs1)C[C@@H](O)CO. The quantitative estimate of drug-likeness (QED) is 0.702. The van der Waals surface area contributed by atoms with Crippen molar-refractivity contribution in [2.45, 2.75) is 12.6 Å². The van der Waals surface area contributed by atoms with Crippen molar-refractivity contribution in [3.63, 3.8) is 0 Å². The van der Waals surface area contributed by atoms with Crippen molar-refractivity contribution < 1.29 is 14.9 Å². The molecule has 1 aromatic heterocycles. The maximum Gasteiger partial charge on any atom is 0.0897 e. The highest BCUT2D eigenvalue weighted by molar-refractivity contribution is 7.09. The summed E-state index contributed by atoms with van der Waals surface area (Å²) in [6.07, 6.45) is -0.684. The fraction of sp³-hybridized carbons (Fsp3) is 0.636. The van der Waals surface area contributed by atoms with Crippen molar-refractivity contribution in [3.8, 4) is 0 Å². The summed E-state index contributed by atoms with van der Waals surface area (Å²) in [6, 6.07) is 4.08. The van der Waals surface area contributed by atoms with E-state index in [1.54, 1.807) is 18.4 Å². The van der Waals surface area contributed by atoms with E-state index in [-0.39, 0.29) is 6.61 Å². The molecule has 0 fully saturated rings. The van der Waals surface area contributed by atoms with E-state index in [4.69, 9.17) is 9.84 Å². The Hall–Kier alpha value is -0.460. The van der Waals surface area contributed by atoms with E-state index in [1.165, 1.54) is 4.88 Å². The zero-order chi connectivity index (χ0) is 11.8. The van der Waals surface area contributed by atoms with Gasteiger partial charge in [0.2, 0.25) is 0 Å². The first-order valence-electron chi connectivity index (χ1n) is 5.29. The molecule has 0 bridgehead atoms. The Labute approximate surface area is 100 Å². The predicted octanol–water partition coefficient (Wildman–Crippen LogP) is 0.550. The van der Waals surface area contributed by atoms with Gasteiger partial charge < -0.3 is 14.9 Å². The van der Waals surface area contributed by atoms with E-state index in [1.807, 2.05) is 11.4 Å². The van der Waals surface area contributed by atoms with Gasteiger partial charge in [-0.15, -0.1) is 11.3 Å². The maximum atomic E-state index is 9.43. The zero-order valence-corrected chi connectivity index (χ0v) is 10.3. The van der Waals surface area contributed by atoms with Crippen molar-refractivity contribution in [2.24, 2.45) is 0 Å². The fourth-order valence-corrected chi connectivity index (χ4v) is 2.18. The van der Waals surface area contributed by atoms with Crippen molar-refractivity contribution in [2.75, 3.05) is 33.4 Å². The number of nitrogens with zero attached hydrogens (tertiary/aromatic N) is 1. The molecule has 92 valence electrons. The van der Waals surface area contributed by atoms with Gasteiger partial charge in [0.05, 0.1) is 19.3 Å². The first-order chi connectivity index (χ1) is 7.76. The van der Waals surface area contributed by atoms with Crippen LogP contribution >= 0.6 is 11.3 Å². The van der Waals surface area contributed by atoms with Crippen molar-refractivity contribution in [1.82, 2.24) is 4.90 Å². The Morgan fingerprint density at radius 3 is 2.94 bits per heavy atom. The Morgan fingerprint density at radius 2 is 2.38 bits per heavy atom. The molecule has 0 aromatic carbocycles. The Bertz CT molecular complexity index is 266. The van der Waals surface area contributed by atoms with E-state index in [9.17, 15) is 5.11 Å². The molecule has 1 atom stereocenters. The van der Waals surface area contributed by atoms with Crippen molar-refractivity contribution in [3.05, 3.63) is 22.4 Å². The van der Waals surface area contributed by atoms with Crippen LogP contribution in [-0.2, 0) is 11.3 Å². The minimum atomic E-state index is -0.684. The summed E-state index contributed by atoms with van der Waals surface area (Å²) in [5, 5.41) is 20.3. The standard InChI is InChI=1S/C11H19NO3S/c1-15-5-4-12(7-10(14)9-13)8-11-3-2-6-16-11/h2-3,6,10,13-14H,4-5,7-9H2,1H3/t10-/m1/s1. The highest BCUT2D eigenvalue weighted by Crippen LogP contribution is 2.11. The van der Waals surface area contributed by atoms with E-state index in [2.05, 4.69) is 11.0 Å². The van der Waals surface area contributed by atoms with E-state index >= 15 is 0 Å². The second-order valence-corrected chi connectivity index (χ2v) is 4.68. The highest BCUT2D eigenvalue weighted by Gasteiger charge is 2.11. The number of aliphatic hydroxyl groups is 2. The van der Waals surface area contributed by atoms with Crippen LogP contribution in [0.1, 0.15) is 4.88 Å². The van der Waals surface area contributed by atoms with Gasteiger partial charge in [-0.1, -0.05) is 6.07 Å². The molecule has 0 aliphatic heterocycles. The second kappa shape index (κ2) is 7.76. The molecule has 2 N–H and O–H groups in total. The monoisotopic (exact) mass is 245 g/mol. The van der Waals surface area contributed by atoms with Crippen molar-refractivity contribution in [1.29, 1.82) is 0 Å². The third-order valence-corrected chi connectivity index (χ3v) is 3.11. The van der Waals surface area contributed by atoms with Crippen LogP contribution in [0.2, 0.25) is 0 Å². The molecule has 1 heterocycles. The van der Waals surface area contributed by atoms with Crippen LogP contribution in [0.25, 0.3) is 0 Å². The van der Waals surface area contributed by atoms with E-state index < -0.39 is 6.10 Å². The van der Waals surface area contributed by atoms with Crippen LogP contribution in [0.3, 0.4) is 0 Å². The number of aliphatic hydroxyl groups excluding tert-OH is 2. The van der Waals surface area contributed by atoms with Gasteiger partial charge in [-0.25, -0.2) is 0 Å². The van der Waals surface area contributed by atoms with Gasteiger partial charge in [0.1, 0.15) is 0 Å². The Morgan fingerprint density at radius 1 is 1.56 bits per heavy atom. The molecule has 0 unspecified atom stereocenters. The third-order valence-electron chi connectivity index (χ3n) is 2.25. The zero-order valence-electron chi connectivity index (χ0n) is 9.50. The smallest absolute Gasteiger partial charge is 0.0897 e. The Balaban J connectivity index is 2.43. The summed E-state index contributed by atoms with van der Waals surface area (Å²) >= 11 is 1.69. The largest absolute Gasteiger partial charge is 0.394 e. The molecule has 0 saturated heterocycles. The number of ether oxygens (including phenoxy) is 1. The summed E-state index contributed by atoms with van der Waals surface area (Å²) < 4.78 is 5.02. The van der Waals surface area contributed by atoms with Crippen molar-refractivity contribution >= 4 is 11.3 Å². The lowest BCUT2D eigenvalue weighted by Gasteiger charge is -2.23. The molecule has 0 amide bonds. The summed E-state index contributed by atoms with van der Waals surface area (Å²) in [4.78, 5) is 3.33. The summed E-state index contributed by atoms with van der Waals surface area (Å²) in [5.74, 6) is 0. The highest BCUT2D eigenvalue weighted by atomic mass is 32.1. The first-order valence-corrected chi connectivity index (χ1v) is 6.16. The number of rotatable bonds is 8. The van der Waals surface area contributed by atoms with Crippen LogP contribution < -0.4 is 0 Å². The number of hydrogen-bond donors (Lipinski definition) is 2. The van der Waals surface area contributed by atoms with Gasteiger partial charge in [-0.3, -0.25) is 4.90 Å². The molecule has 1 rings (SSSR count). The molecule has 0 aliphatic rings. The normalized spacial score (nSPS) is 13.2. The summed E-state index contributed by atoms with van der Waals surface area (Å²) in [6.45, 7) is 2.44. The molecular formula is C11H19NO3S. The van der Waals surface area contributed by atoms with Crippen LogP contribution in [-0.4, -0.2) is 54.6 Å². The molecule has 4 nitrogen and oxygen atoms in total. The van der Waals surface area contributed by atoms with Crippen LogP contribution in [0, 0.1) is 0 Å². The Kier molecular flexibility index (Phi) is 6.59. The van der Waals surface area contributed by atoms with Crippen LogP contribution in [0.5, 0.6) is 0 Å². The maximum absolute atomic E-state index is 9.43.